The van der Waals surface area contributed by atoms with Crippen LogP contribution in [0.3, 0.4) is 0 Å². The van der Waals surface area contributed by atoms with Crippen molar-refractivity contribution in [3.05, 3.63) is 95.6 Å². The molecule has 0 spiro atoms. The largest absolute Gasteiger partial charge is 0.329 e. The maximum atomic E-state index is 10.7. The fourth-order valence-electron chi connectivity index (χ4n) is 3.31. The van der Waals surface area contributed by atoms with Crippen LogP contribution >= 0.6 is 0 Å². The number of rotatable bonds is 9. The van der Waals surface area contributed by atoms with Crippen LogP contribution in [0.25, 0.3) is 0 Å². The molecule has 4 nitrogen and oxygen atoms in total. The molecule has 0 aliphatic carbocycles. The molecule has 0 saturated carbocycles. The second-order valence-electron chi connectivity index (χ2n) is 6.44. The van der Waals surface area contributed by atoms with Gasteiger partial charge in [0.15, 0.2) is 0 Å². The third-order valence-corrected chi connectivity index (χ3v) is 4.54. The summed E-state index contributed by atoms with van der Waals surface area (Å²) in [5.41, 5.74) is 5.19. The van der Waals surface area contributed by atoms with E-state index >= 15 is 0 Å². The van der Waals surface area contributed by atoms with Crippen molar-refractivity contribution in [2.75, 3.05) is 10.6 Å². The van der Waals surface area contributed by atoms with Gasteiger partial charge < -0.3 is 10.6 Å². The van der Waals surface area contributed by atoms with Gasteiger partial charge in [0.05, 0.1) is 0 Å². The summed E-state index contributed by atoms with van der Waals surface area (Å²) in [5.74, 6) is 0.282. The maximum Gasteiger partial charge on any atom is 0.211 e. The summed E-state index contributed by atoms with van der Waals surface area (Å²) in [7, 11) is 0. The molecular weight excluding hydrogens is 336 g/mol. The fourth-order valence-corrected chi connectivity index (χ4v) is 3.31. The Morgan fingerprint density at radius 3 is 1.67 bits per heavy atom. The lowest BCUT2D eigenvalue weighted by Gasteiger charge is -2.19. The van der Waals surface area contributed by atoms with Gasteiger partial charge in [0.25, 0.3) is 0 Å². The number of nitrogens with one attached hydrogen (secondary N) is 2. The van der Waals surface area contributed by atoms with Gasteiger partial charge in [-0.15, -0.1) is 0 Å². The molecule has 0 atom stereocenters. The molecule has 0 aromatic heterocycles. The first kappa shape index (κ1) is 18.4. The minimum atomic E-state index is 0.282. The lowest BCUT2D eigenvalue weighted by Crippen LogP contribution is -2.08. The normalized spacial score (nSPS) is 10.4. The van der Waals surface area contributed by atoms with E-state index < -0.39 is 0 Å². The highest BCUT2D eigenvalue weighted by atomic mass is 16.1. The SMILES string of the molecule is O=CNc1cccc(CC(Cc2cccc(NC=O)c2)c2ccccc2)c1. The van der Waals surface area contributed by atoms with Crippen molar-refractivity contribution in [1.29, 1.82) is 0 Å². The van der Waals surface area contributed by atoms with Crippen LogP contribution in [-0.2, 0) is 22.4 Å². The zero-order valence-electron chi connectivity index (χ0n) is 15.0. The first-order valence-corrected chi connectivity index (χ1v) is 8.91. The number of carbonyl (C=O) groups excluding carboxylic acids is 2. The third kappa shape index (κ3) is 5.28. The van der Waals surface area contributed by atoms with E-state index in [2.05, 4.69) is 47.0 Å². The molecule has 0 heterocycles. The quantitative estimate of drug-likeness (QED) is 0.557. The van der Waals surface area contributed by atoms with Crippen molar-refractivity contribution in [3.8, 4) is 0 Å². The van der Waals surface area contributed by atoms with Gasteiger partial charge in [-0.3, -0.25) is 9.59 Å². The van der Waals surface area contributed by atoms with Crippen LogP contribution in [0.2, 0.25) is 0 Å². The first-order chi connectivity index (χ1) is 13.3. The molecule has 2 N–H and O–H groups in total. The molecule has 0 aliphatic heterocycles. The molecule has 0 aliphatic rings. The van der Waals surface area contributed by atoms with Crippen molar-refractivity contribution in [2.45, 2.75) is 18.8 Å². The molecule has 0 fully saturated rings. The molecule has 0 saturated heterocycles. The highest BCUT2D eigenvalue weighted by molar-refractivity contribution is 5.72. The van der Waals surface area contributed by atoms with Crippen LogP contribution in [0.5, 0.6) is 0 Å². The average molecular weight is 358 g/mol. The van der Waals surface area contributed by atoms with Gasteiger partial charge in [0.1, 0.15) is 0 Å². The Hall–Kier alpha value is -3.40. The predicted molar refractivity (Wildman–Crippen MR) is 109 cm³/mol. The molecule has 0 bridgehead atoms. The Morgan fingerprint density at radius 1 is 0.667 bits per heavy atom. The van der Waals surface area contributed by atoms with Crippen LogP contribution < -0.4 is 10.6 Å². The standard InChI is InChI=1S/C23H22N2O2/c26-16-24-22-10-4-6-18(14-22)12-21(20-8-2-1-3-9-20)13-19-7-5-11-23(15-19)25-17-27/h1-11,14-17,21H,12-13H2,(H,24,26)(H,25,27). The van der Waals surface area contributed by atoms with Crippen LogP contribution in [0.1, 0.15) is 22.6 Å². The average Bonchev–Trinajstić information content (AvgIpc) is 2.69. The molecular formula is C23H22N2O2. The number of hydrogen-bond donors (Lipinski definition) is 2. The predicted octanol–water partition coefficient (Wildman–Crippen LogP) is 4.39. The van der Waals surface area contributed by atoms with Gasteiger partial charge in [-0.05, 0) is 59.7 Å². The Labute approximate surface area is 159 Å². The summed E-state index contributed by atoms with van der Waals surface area (Å²) in [6.07, 6.45) is 3.09. The molecule has 136 valence electrons. The zero-order valence-corrected chi connectivity index (χ0v) is 15.0. The monoisotopic (exact) mass is 358 g/mol. The van der Waals surface area contributed by atoms with Crippen LogP contribution in [0.4, 0.5) is 11.4 Å². The summed E-state index contributed by atoms with van der Waals surface area (Å²) in [5, 5.41) is 5.42. The smallest absolute Gasteiger partial charge is 0.211 e. The van der Waals surface area contributed by atoms with E-state index in [1.54, 1.807) is 0 Å². The molecule has 3 aromatic carbocycles. The van der Waals surface area contributed by atoms with Gasteiger partial charge in [-0.25, -0.2) is 0 Å². The van der Waals surface area contributed by atoms with Crippen LogP contribution in [0.15, 0.2) is 78.9 Å². The Kier molecular flexibility index (Phi) is 6.36. The number of benzene rings is 3. The molecule has 3 aromatic rings. The van der Waals surface area contributed by atoms with Gasteiger partial charge in [-0.2, -0.15) is 0 Å². The van der Waals surface area contributed by atoms with Crippen molar-refractivity contribution < 1.29 is 9.59 Å². The number of amides is 2. The Balaban J connectivity index is 1.85. The fraction of sp³-hybridized carbons (Fsp3) is 0.130. The van der Waals surface area contributed by atoms with E-state index in [1.165, 1.54) is 5.56 Å². The minimum Gasteiger partial charge on any atom is -0.329 e. The van der Waals surface area contributed by atoms with Gasteiger partial charge in [-0.1, -0.05) is 54.6 Å². The second kappa shape index (κ2) is 9.34. The van der Waals surface area contributed by atoms with Gasteiger partial charge in [0.2, 0.25) is 12.8 Å². The lowest BCUT2D eigenvalue weighted by atomic mass is 9.86. The van der Waals surface area contributed by atoms with E-state index in [0.717, 1.165) is 35.3 Å². The van der Waals surface area contributed by atoms with E-state index in [-0.39, 0.29) is 5.92 Å². The van der Waals surface area contributed by atoms with Crippen molar-refractivity contribution >= 4 is 24.2 Å². The summed E-state index contributed by atoms with van der Waals surface area (Å²) < 4.78 is 0. The van der Waals surface area contributed by atoms with Crippen molar-refractivity contribution in [3.63, 3.8) is 0 Å². The Morgan fingerprint density at radius 2 is 1.19 bits per heavy atom. The topological polar surface area (TPSA) is 58.2 Å². The maximum absolute atomic E-state index is 10.7. The van der Waals surface area contributed by atoms with Crippen molar-refractivity contribution in [1.82, 2.24) is 0 Å². The summed E-state index contributed by atoms with van der Waals surface area (Å²) in [6, 6.07) is 26.3. The second-order valence-corrected chi connectivity index (χ2v) is 6.44. The third-order valence-electron chi connectivity index (χ3n) is 4.54. The van der Waals surface area contributed by atoms with Crippen LogP contribution in [0, 0.1) is 0 Å². The van der Waals surface area contributed by atoms with E-state index in [0.29, 0.717) is 12.8 Å². The summed E-state index contributed by atoms with van der Waals surface area (Å²) >= 11 is 0. The highest BCUT2D eigenvalue weighted by Crippen LogP contribution is 2.27. The van der Waals surface area contributed by atoms with E-state index in [9.17, 15) is 9.59 Å². The van der Waals surface area contributed by atoms with Crippen molar-refractivity contribution in [2.24, 2.45) is 0 Å². The first-order valence-electron chi connectivity index (χ1n) is 8.91. The van der Waals surface area contributed by atoms with E-state index in [1.807, 2.05) is 42.5 Å². The lowest BCUT2D eigenvalue weighted by molar-refractivity contribution is -0.106. The summed E-state index contributed by atoms with van der Waals surface area (Å²) in [6.45, 7) is 0. The number of anilines is 2. The molecule has 0 unspecified atom stereocenters. The summed E-state index contributed by atoms with van der Waals surface area (Å²) in [4.78, 5) is 21.4. The highest BCUT2D eigenvalue weighted by Gasteiger charge is 2.14. The molecule has 4 heteroatoms. The number of carbonyl (C=O) groups is 2. The minimum absolute atomic E-state index is 0.282. The molecule has 27 heavy (non-hydrogen) atoms. The van der Waals surface area contributed by atoms with E-state index in [4.69, 9.17) is 0 Å². The zero-order chi connectivity index (χ0) is 18.9. The van der Waals surface area contributed by atoms with Gasteiger partial charge in [0, 0.05) is 11.4 Å². The molecule has 3 rings (SSSR count). The molecule has 2 amide bonds. The number of hydrogen-bond acceptors (Lipinski definition) is 2. The molecule has 0 radical (unpaired) electrons. The van der Waals surface area contributed by atoms with Crippen LogP contribution in [-0.4, -0.2) is 12.8 Å². The Bertz CT molecular complexity index is 838. The van der Waals surface area contributed by atoms with Gasteiger partial charge >= 0.3 is 0 Å².